The Labute approximate surface area is 121 Å². The van der Waals surface area contributed by atoms with Gasteiger partial charge in [-0.3, -0.25) is 0 Å². The minimum Gasteiger partial charge on any atom is -0.355 e. The fraction of sp³-hybridized carbons (Fsp3) is 0.667. The highest BCUT2D eigenvalue weighted by atomic mass is 35.5. The molecule has 0 aliphatic carbocycles. The maximum Gasteiger partial charge on any atom is 0.147 e. The van der Waals surface area contributed by atoms with E-state index in [0.717, 1.165) is 37.0 Å². The van der Waals surface area contributed by atoms with Gasteiger partial charge in [0, 0.05) is 19.3 Å². The Morgan fingerprint density at radius 1 is 1.53 bits per heavy atom. The summed E-state index contributed by atoms with van der Waals surface area (Å²) >= 11 is 6.23. The van der Waals surface area contributed by atoms with Crippen LogP contribution in [0.3, 0.4) is 0 Å². The summed E-state index contributed by atoms with van der Waals surface area (Å²) in [4.78, 5) is 6.75. The standard InChI is InChI=1S/C15H24ClN3/c1-12(2)9-17-10-13-5-4-8-19(11-13)15-14(16)6-3-7-18-15/h3,6-7,12-13,17H,4-5,8-11H2,1-2H3. The summed E-state index contributed by atoms with van der Waals surface area (Å²) in [6, 6.07) is 3.81. The molecule has 1 aliphatic heterocycles. The number of anilines is 1. The number of nitrogens with one attached hydrogen (secondary N) is 1. The van der Waals surface area contributed by atoms with E-state index in [4.69, 9.17) is 11.6 Å². The van der Waals surface area contributed by atoms with Crippen molar-refractivity contribution in [1.82, 2.24) is 10.3 Å². The Bertz CT molecular complexity index is 395. The van der Waals surface area contributed by atoms with Gasteiger partial charge in [-0.15, -0.1) is 0 Å². The molecule has 1 aliphatic rings. The van der Waals surface area contributed by atoms with Crippen LogP contribution in [0.5, 0.6) is 0 Å². The van der Waals surface area contributed by atoms with Crippen LogP contribution in [0.2, 0.25) is 5.02 Å². The fourth-order valence-electron chi connectivity index (χ4n) is 2.61. The Morgan fingerprint density at radius 3 is 3.11 bits per heavy atom. The fourth-order valence-corrected chi connectivity index (χ4v) is 2.85. The van der Waals surface area contributed by atoms with E-state index in [1.807, 2.05) is 18.3 Å². The van der Waals surface area contributed by atoms with E-state index >= 15 is 0 Å². The van der Waals surface area contributed by atoms with E-state index in [1.54, 1.807) is 0 Å². The summed E-state index contributed by atoms with van der Waals surface area (Å²) in [6.07, 6.45) is 4.34. The van der Waals surface area contributed by atoms with Crippen LogP contribution in [0.25, 0.3) is 0 Å². The van der Waals surface area contributed by atoms with Gasteiger partial charge >= 0.3 is 0 Å². The zero-order valence-electron chi connectivity index (χ0n) is 11.9. The molecule has 0 radical (unpaired) electrons. The van der Waals surface area contributed by atoms with Gasteiger partial charge in [0.2, 0.25) is 0 Å². The van der Waals surface area contributed by atoms with E-state index in [1.165, 1.54) is 12.8 Å². The first-order chi connectivity index (χ1) is 9.16. The minimum atomic E-state index is 0.700. The van der Waals surface area contributed by atoms with Crippen LogP contribution >= 0.6 is 11.6 Å². The molecule has 19 heavy (non-hydrogen) atoms. The Morgan fingerprint density at radius 2 is 2.37 bits per heavy atom. The molecule has 0 spiro atoms. The third-order valence-electron chi connectivity index (χ3n) is 3.54. The third kappa shape index (κ3) is 4.36. The molecule has 0 saturated carbocycles. The summed E-state index contributed by atoms with van der Waals surface area (Å²) < 4.78 is 0. The highest BCUT2D eigenvalue weighted by molar-refractivity contribution is 6.32. The van der Waals surface area contributed by atoms with E-state index in [2.05, 4.69) is 29.0 Å². The van der Waals surface area contributed by atoms with Crippen LogP contribution in [0.15, 0.2) is 18.3 Å². The molecular weight excluding hydrogens is 258 g/mol. The van der Waals surface area contributed by atoms with E-state index in [-0.39, 0.29) is 0 Å². The van der Waals surface area contributed by atoms with Crippen molar-refractivity contribution in [2.24, 2.45) is 11.8 Å². The van der Waals surface area contributed by atoms with Gasteiger partial charge in [-0.2, -0.15) is 0 Å². The molecule has 0 amide bonds. The normalized spacial score (nSPS) is 20.0. The summed E-state index contributed by atoms with van der Waals surface area (Å²) in [6.45, 7) is 8.81. The Kier molecular flexibility index (Phi) is 5.46. The lowest BCUT2D eigenvalue weighted by atomic mass is 9.98. The van der Waals surface area contributed by atoms with Crippen LogP contribution in [-0.4, -0.2) is 31.2 Å². The van der Waals surface area contributed by atoms with E-state index in [9.17, 15) is 0 Å². The zero-order chi connectivity index (χ0) is 13.7. The van der Waals surface area contributed by atoms with Crippen LogP contribution < -0.4 is 10.2 Å². The van der Waals surface area contributed by atoms with Crippen molar-refractivity contribution in [2.75, 3.05) is 31.1 Å². The summed E-state index contributed by atoms with van der Waals surface area (Å²) in [5, 5.41) is 4.32. The second-order valence-electron chi connectivity index (χ2n) is 5.82. The molecule has 1 aromatic heterocycles. The van der Waals surface area contributed by atoms with Crippen LogP contribution in [-0.2, 0) is 0 Å². The molecular formula is C15H24ClN3. The lowest BCUT2D eigenvalue weighted by molar-refractivity contribution is 0.381. The van der Waals surface area contributed by atoms with Crippen molar-refractivity contribution < 1.29 is 0 Å². The van der Waals surface area contributed by atoms with Gasteiger partial charge in [0.15, 0.2) is 0 Å². The molecule has 1 unspecified atom stereocenters. The van der Waals surface area contributed by atoms with Crippen molar-refractivity contribution in [3.8, 4) is 0 Å². The maximum atomic E-state index is 6.23. The van der Waals surface area contributed by atoms with E-state index < -0.39 is 0 Å². The molecule has 1 N–H and O–H groups in total. The van der Waals surface area contributed by atoms with Gasteiger partial charge in [0.05, 0.1) is 5.02 Å². The van der Waals surface area contributed by atoms with Crippen LogP contribution in [0.4, 0.5) is 5.82 Å². The number of pyridine rings is 1. The molecule has 0 aromatic carbocycles. The number of rotatable bonds is 5. The summed E-state index contributed by atoms with van der Waals surface area (Å²) in [7, 11) is 0. The van der Waals surface area contributed by atoms with Crippen molar-refractivity contribution in [2.45, 2.75) is 26.7 Å². The smallest absolute Gasteiger partial charge is 0.147 e. The largest absolute Gasteiger partial charge is 0.355 e. The Hall–Kier alpha value is -0.800. The zero-order valence-corrected chi connectivity index (χ0v) is 12.7. The quantitative estimate of drug-likeness (QED) is 0.898. The highest BCUT2D eigenvalue weighted by Gasteiger charge is 2.21. The van der Waals surface area contributed by atoms with Gasteiger partial charge in [0.25, 0.3) is 0 Å². The number of hydrogen-bond acceptors (Lipinski definition) is 3. The van der Waals surface area contributed by atoms with Gasteiger partial charge in [-0.05, 0) is 49.9 Å². The Balaban J connectivity index is 1.88. The number of hydrogen-bond donors (Lipinski definition) is 1. The molecule has 2 rings (SSSR count). The first-order valence-corrected chi connectivity index (χ1v) is 7.60. The third-order valence-corrected chi connectivity index (χ3v) is 3.84. The number of piperidine rings is 1. The SMILES string of the molecule is CC(C)CNCC1CCCN(c2ncccc2Cl)C1. The first kappa shape index (κ1) is 14.6. The molecule has 4 heteroatoms. The second-order valence-corrected chi connectivity index (χ2v) is 6.22. The van der Waals surface area contributed by atoms with Crippen LogP contribution in [0, 0.1) is 11.8 Å². The number of aromatic nitrogens is 1. The molecule has 1 fully saturated rings. The predicted molar refractivity (Wildman–Crippen MR) is 81.9 cm³/mol. The second kappa shape index (κ2) is 7.11. The molecule has 1 aromatic rings. The average molecular weight is 282 g/mol. The van der Waals surface area contributed by atoms with E-state index in [0.29, 0.717) is 11.8 Å². The van der Waals surface area contributed by atoms with Crippen molar-refractivity contribution in [3.05, 3.63) is 23.4 Å². The molecule has 0 bridgehead atoms. The van der Waals surface area contributed by atoms with Crippen molar-refractivity contribution in [3.63, 3.8) is 0 Å². The lowest BCUT2D eigenvalue weighted by Gasteiger charge is -2.34. The average Bonchev–Trinajstić information content (AvgIpc) is 2.39. The minimum absolute atomic E-state index is 0.700. The molecule has 2 heterocycles. The van der Waals surface area contributed by atoms with Gasteiger partial charge in [-0.25, -0.2) is 4.98 Å². The number of nitrogens with zero attached hydrogens (tertiary/aromatic N) is 2. The summed E-state index contributed by atoms with van der Waals surface area (Å²) in [5.41, 5.74) is 0. The molecule has 3 nitrogen and oxygen atoms in total. The monoisotopic (exact) mass is 281 g/mol. The van der Waals surface area contributed by atoms with Gasteiger partial charge in [0.1, 0.15) is 5.82 Å². The number of halogens is 1. The predicted octanol–water partition coefficient (Wildman–Crippen LogP) is 3.20. The van der Waals surface area contributed by atoms with Crippen molar-refractivity contribution >= 4 is 17.4 Å². The highest BCUT2D eigenvalue weighted by Crippen LogP contribution is 2.27. The molecule has 1 atom stereocenters. The van der Waals surface area contributed by atoms with Gasteiger partial charge < -0.3 is 10.2 Å². The van der Waals surface area contributed by atoms with Crippen molar-refractivity contribution in [1.29, 1.82) is 0 Å². The topological polar surface area (TPSA) is 28.2 Å². The maximum absolute atomic E-state index is 6.23. The first-order valence-electron chi connectivity index (χ1n) is 7.23. The van der Waals surface area contributed by atoms with Gasteiger partial charge in [-0.1, -0.05) is 25.4 Å². The van der Waals surface area contributed by atoms with Crippen LogP contribution in [0.1, 0.15) is 26.7 Å². The summed E-state index contributed by atoms with van der Waals surface area (Å²) in [5.74, 6) is 2.35. The molecule has 1 saturated heterocycles. The lowest BCUT2D eigenvalue weighted by Crippen LogP contribution is -2.40. The molecule has 106 valence electrons.